The lowest BCUT2D eigenvalue weighted by molar-refractivity contribution is -0.384. The summed E-state index contributed by atoms with van der Waals surface area (Å²) in [5, 5.41) is 14.7. The van der Waals surface area contributed by atoms with Gasteiger partial charge in [0.05, 0.1) is 9.82 Å². The largest absolute Gasteiger partial charge is 0.375 e. The molecule has 0 spiro atoms. The van der Waals surface area contributed by atoms with Gasteiger partial charge in [-0.05, 0) is 44.4 Å². The van der Waals surface area contributed by atoms with Crippen molar-refractivity contribution in [3.8, 4) is 0 Å². The number of likely N-dealkylation sites (tertiary alicyclic amines) is 1. The Morgan fingerprint density at radius 1 is 1.15 bits per heavy atom. The summed E-state index contributed by atoms with van der Waals surface area (Å²) in [6.45, 7) is 1.98. The summed E-state index contributed by atoms with van der Waals surface area (Å²) in [6, 6.07) is 4.89. The number of hydrogen-bond acceptors (Lipinski definition) is 6. The molecule has 0 aromatic heterocycles. The first-order chi connectivity index (χ1) is 12.3. The van der Waals surface area contributed by atoms with Crippen molar-refractivity contribution in [2.75, 3.05) is 24.7 Å². The zero-order chi connectivity index (χ0) is 18.7. The van der Waals surface area contributed by atoms with Crippen LogP contribution in [0.15, 0.2) is 23.1 Å². The van der Waals surface area contributed by atoms with Gasteiger partial charge in [0.2, 0.25) is 0 Å². The van der Waals surface area contributed by atoms with E-state index in [2.05, 4.69) is 10.2 Å². The number of nitrogens with one attached hydrogen (secondary N) is 1. The predicted molar refractivity (Wildman–Crippen MR) is 101 cm³/mol. The van der Waals surface area contributed by atoms with E-state index < -0.39 is 14.8 Å². The van der Waals surface area contributed by atoms with E-state index in [0.29, 0.717) is 11.7 Å². The molecule has 1 unspecified atom stereocenters. The molecule has 2 fully saturated rings. The van der Waals surface area contributed by atoms with Gasteiger partial charge in [-0.15, -0.1) is 0 Å². The van der Waals surface area contributed by atoms with E-state index in [4.69, 9.17) is 0 Å². The molecular formula is C18H27N3O4S. The highest BCUT2D eigenvalue weighted by Crippen LogP contribution is 2.31. The fourth-order valence-electron chi connectivity index (χ4n) is 4.14. The first-order valence-corrected chi connectivity index (χ1v) is 11.2. The Hall–Kier alpha value is -1.67. The number of piperidine rings is 1. The monoisotopic (exact) mass is 381 g/mol. The van der Waals surface area contributed by atoms with Crippen molar-refractivity contribution >= 4 is 21.2 Å². The minimum Gasteiger partial charge on any atom is -0.375 e. The lowest BCUT2D eigenvalue weighted by Crippen LogP contribution is -2.47. The van der Waals surface area contributed by atoms with Gasteiger partial charge < -0.3 is 5.32 Å². The highest BCUT2D eigenvalue weighted by atomic mass is 32.2. The van der Waals surface area contributed by atoms with Crippen LogP contribution in [0.5, 0.6) is 0 Å². The zero-order valence-corrected chi connectivity index (χ0v) is 16.0. The maximum atomic E-state index is 11.7. The van der Waals surface area contributed by atoms with Crippen LogP contribution >= 0.6 is 0 Å². The Bertz CT molecular complexity index is 760. The van der Waals surface area contributed by atoms with Crippen molar-refractivity contribution in [2.24, 2.45) is 0 Å². The number of sulfone groups is 1. The quantitative estimate of drug-likeness (QED) is 0.622. The molecule has 1 aliphatic heterocycles. The Kier molecular flexibility index (Phi) is 5.82. The Labute approximate surface area is 154 Å². The summed E-state index contributed by atoms with van der Waals surface area (Å²) in [7, 11) is -3.47. The molecule has 26 heavy (non-hydrogen) atoms. The van der Waals surface area contributed by atoms with Crippen LogP contribution < -0.4 is 5.32 Å². The van der Waals surface area contributed by atoms with Gasteiger partial charge in [0, 0.05) is 31.0 Å². The van der Waals surface area contributed by atoms with E-state index >= 15 is 0 Å². The van der Waals surface area contributed by atoms with Crippen molar-refractivity contribution < 1.29 is 13.3 Å². The van der Waals surface area contributed by atoms with E-state index in [9.17, 15) is 18.5 Å². The van der Waals surface area contributed by atoms with Gasteiger partial charge in [-0.25, -0.2) is 8.42 Å². The second kappa shape index (κ2) is 7.92. The Morgan fingerprint density at radius 2 is 1.88 bits per heavy atom. The molecule has 7 nitrogen and oxygen atoms in total. The molecule has 1 aromatic carbocycles. The summed E-state index contributed by atoms with van der Waals surface area (Å²) >= 11 is 0. The number of nitrogens with zero attached hydrogens (tertiary/aromatic N) is 2. The second-order valence-corrected chi connectivity index (χ2v) is 9.49. The minimum atomic E-state index is -3.47. The SMILES string of the molecule is CS(=O)(=O)c1ccc(NC2CCCN(C3CCCCC3)C2)c([N+](=O)[O-])c1. The lowest BCUT2D eigenvalue weighted by Gasteiger charge is -2.40. The molecule has 1 saturated carbocycles. The molecule has 0 amide bonds. The topological polar surface area (TPSA) is 92.6 Å². The van der Waals surface area contributed by atoms with Crippen LogP contribution in [0.4, 0.5) is 11.4 Å². The summed E-state index contributed by atoms with van der Waals surface area (Å²) < 4.78 is 23.4. The number of anilines is 1. The second-order valence-electron chi connectivity index (χ2n) is 7.48. The first kappa shape index (κ1) is 19.1. The molecule has 1 atom stereocenters. The fraction of sp³-hybridized carbons (Fsp3) is 0.667. The number of benzene rings is 1. The van der Waals surface area contributed by atoms with Crippen molar-refractivity contribution in [3.05, 3.63) is 28.3 Å². The van der Waals surface area contributed by atoms with Gasteiger partial charge >= 0.3 is 0 Å². The molecule has 0 bridgehead atoms. The van der Waals surface area contributed by atoms with Gasteiger partial charge in [0.1, 0.15) is 5.69 Å². The van der Waals surface area contributed by atoms with Crippen LogP contribution in [0.25, 0.3) is 0 Å². The number of hydrogen-bond donors (Lipinski definition) is 1. The molecule has 8 heteroatoms. The highest BCUT2D eigenvalue weighted by molar-refractivity contribution is 7.90. The molecule has 0 radical (unpaired) electrons. The van der Waals surface area contributed by atoms with Crippen LogP contribution in [0.1, 0.15) is 44.9 Å². The number of rotatable bonds is 5. The first-order valence-electron chi connectivity index (χ1n) is 9.33. The summed E-state index contributed by atoms with van der Waals surface area (Å²) in [4.78, 5) is 13.4. The minimum absolute atomic E-state index is 0.0257. The smallest absolute Gasteiger partial charge is 0.293 e. The fourth-order valence-corrected chi connectivity index (χ4v) is 4.78. The lowest BCUT2D eigenvalue weighted by atomic mass is 9.92. The van der Waals surface area contributed by atoms with Crippen molar-refractivity contribution in [1.82, 2.24) is 4.90 Å². The van der Waals surface area contributed by atoms with E-state index in [1.165, 1.54) is 44.2 Å². The van der Waals surface area contributed by atoms with Crippen LogP contribution in [0.2, 0.25) is 0 Å². The molecule has 1 aromatic rings. The van der Waals surface area contributed by atoms with E-state index in [-0.39, 0.29) is 16.6 Å². The average Bonchev–Trinajstić information content (AvgIpc) is 2.62. The van der Waals surface area contributed by atoms with Crippen molar-refractivity contribution in [2.45, 2.75) is 61.9 Å². The summed E-state index contributed by atoms with van der Waals surface area (Å²) in [5.41, 5.74) is 0.223. The third-order valence-electron chi connectivity index (χ3n) is 5.50. The predicted octanol–water partition coefficient (Wildman–Crippen LogP) is 3.21. The Morgan fingerprint density at radius 3 is 2.54 bits per heavy atom. The summed E-state index contributed by atoms with van der Waals surface area (Å²) in [6.07, 6.45) is 9.49. The Balaban J connectivity index is 1.74. The van der Waals surface area contributed by atoms with Crippen LogP contribution in [-0.4, -0.2) is 49.7 Å². The third-order valence-corrected chi connectivity index (χ3v) is 6.61. The van der Waals surface area contributed by atoms with Gasteiger partial charge in [-0.3, -0.25) is 15.0 Å². The van der Waals surface area contributed by atoms with Gasteiger partial charge in [0.15, 0.2) is 9.84 Å². The zero-order valence-electron chi connectivity index (χ0n) is 15.2. The number of nitro groups is 1. The molecule has 144 valence electrons. The number of nitro benzene ring substituents is 1. The molecule has 1 saturated heterocycles. The van der Waals surface area contributed by atoms with Crippen LogP contribution in [-0.2, 0) is 9.84 Å². The maximum absolute atomic E-state index is 11.7. The van der Waals surface area contributed by atoms with Crippen LogP contribution in [0, 0.1) is 10.1 Å². The normalized spacial score (nSPS) is 22.9. The van der Waals surface area contributed by atoms with Crippen molar-refractivity contribution in [1.29, 1.82) is 0 Å². The molecule has 1 heterocycles. The van der Waals surface area contributed by atoms with Crippen LogP contribution in [0.3, 0.4) is 0 Å². The van der Waals surface area contributed by atoms with Gasteiger partial charge in [-0.2, -0.15) is 0 Å². The maximum Gasteiger partial charge on any atom is 0.293 e. The molecule has 3 rings (SSSR count). The highest BCUT2D eigenvalue weighted by Gasteiger charge is 2.28. The molecule has 1 N–H and O–H groups in total. The molecular weight excluding hydrogens is 354 g/mol. The van der Waals surface area contributed by atoms with Gasteiger partial charge in [0.25, 0.3) is 5.69 Å². The van der Waals surface area contributed by atoms with Gasteiger partial charge in [-0.1, -0.05) is 19.3 Å². The average molecular weight is 381 g/mol. The van der Waals surface area contributed by atoms with E-state index in [0.717, 1.165) is 38.3 Å². The standard InChI is InChI=1S/C18H27N3O4S/c1-26(24,25)16-9-10-17(18(12-16)21(22)23)19-14-6-5-11-20(13-14)15-7-3-2-4-8-15/h9-10,12,14-15,19H,2-8,11,13H2,1H3. The third kappa shape index (κ3) is 4.54. The van der Waals surface area contributed by atoms with Crippen molar-refractivity contribution in [3.63, 3.8) is 0 Å². The summed E-state index contributed by atoms with van der Waals surface area (Å²) in [5.74, 6) is 0. The molecule has 1 aliphatic carbocycles. The van der Waals surface area contributed by atoms with E-state index in [1.54, 1.807) is 0 Å². The van der Waals surface area contributed by atoms with E-state index in [1.807, 2.05) is 0 Å². The molecule has 2 aliphatic rings.